The molecule has 146 valence electrons. The molecule has 0 unspecified atom stereocenters. The minimum atomic E-state index is -3.75. The Morgan fingerprint density at radius 1 is 1.58 bits per heavy atom. The summed E-state index contributed by atoms with van der Waals surface area (Å²) in [5.74, 6) is -2.13. The number of β-lactam (4-membered cyclic amide) rings is 1. The Hall–Kier alpha value is -0.830. The topological polar surface area (TPSA) is 162 Å². The summed E-state index contributed by atoms with van der Waals surface area (Å²) in [6, 6.07) is -0.102. The molecule has 3 aliphatic heterocycles. The van der Waals surface area contributed by atoms with Gasteiger partial charge in [0, 0.05) is 24.4 Å². The molecule has 0 spiro atoms. The molecular weight excluding hydrogens is 404 g/mol. The fourth-order valence-electron chi connectivity index (χ4n) is 3.23. The Balaban J connectivity index is 1.65. The van der Waals surface area contributed by atoms with E-state index in [4.69, 9.17) is 5.14 Å². The second-order valence-electron chi connectivity index (χ2n) is 6.40. The van der Waals surface area contributed by atoms with E-state index >= 15 is 0 Å². The number of carbonyl (C=O) groups excluding carboxylic acids is 1. The summed E-state index contributed by atoms with van der Waals surface area (Å²) >= 11 is 2.66. The number of nitrogens with zero attached hydrogens (tertiary/aromatic N) is 1. The van der Waals surface area contributed by atoms with Crippen molar-refractivity contribution in [2.45, 2.75) is 36.1 Å². The summed E-state index contributed by atoms with van der Waals surface area (Å²) < 4.78 is 24.7. The minimum Gasteiger partial charge on any atom is -0.477 e. The average Bonchev–Trinajstić information content (AvgIpc) is 3.07. The van der Waals surface area contributed by atoms with Crippen molar-refractivity contribution in [3.8, 4) is 0 Å². The Labute approximate surface area is 159 Å². The van der Waals surface area contributed by atoms with E-state index in [1.54, 1.807) is 0 Å². The van der Waals surface area contributed by atoms with E-state index in [2.05, 4.69) is 10.0 Å². The van der Waals surface area contributed by atoms with Crippen molar-refractivity contribution >= 4 is 45.6 Å². The third-order valence-electron chi connectivity index (χ3n) is 4.45. The number of hydrogen-bond acceptors (Lipinski definition) is 8. The molecular formula is C13H20N4O6S3. The van der Waals surface area contributed by atoms with Gasteiger partial charge in [-0.05, 0) is 13.3 Å². The van der Waals surface area contributed by atoms with E-state index in [0.29, 0.717) is 17.2 Å². The van der Waals surface area contributed by atoms with E-state index in [1.807, 2.05) is 0 Å². The molecule has 1 amide bonds. The first kappa shape index (κ1) is 19.9. The van der Waals surface area contributed by atoms with Crippen LogP contribution in [-0.2, 0) is 19.8 Å². The van der Waals surface area contributed by atoms with Gasteiger partial charge in [-0.3, -0.25) is 9.69 Å². The Bertz CT molecular complexity index is 755. The molecule has 3 aliphatic rings. The smallest absolute Gasteiger partial charge is 0.354 e. The van der Waals surface area contributed by atoms with Gasteiger partial charge in [0.15, 0.2) is 5.70 Å². The van der Waals surface area contributed by atoms with Gasteiger partial charge in [-0.25, -0.2) is 14.7 Å². The summed E-state index contributed by atoms with van der Waals surface area (Å²) in [4.78, 5) is 25.0. The summed E-state index contributed by atoms with van der Waals surface area (Å²) in [6.07, 6.45) is -0.208. The second kappa shape index (κ2) is 7.30. The van der Waals surface area contributed by atoms with Gasteiger partial charge in [-0.2, -0.15) is 8.42 Å². The molecule has 5 atom stereocenters. The molecule has 2 saturated heterocycles. The predicted molar refractivity (Wildman–Crippen MR) is 97.0 cm³/mol. The summed E-state index contributed by atoms with van der Waals surface area (Å²) in [7, 11) is -3.75. The number of thioether (sulfide) groups is 2. The number of nitrogens with one attached hydrogen (secondary N) is 2. The zero-order chi connectivity index (χ0) is 19.2. The van der Waals surface area contributed by atoms with Crippen molar-refractivity contribution < 1.29 is 28.2 Å². The molecule has 6 N–H and O–H groups in total. The zero-order valence-electron chi connectivity index (χ0n) is 13.8. The molecule has 0 aromatic rings. The molecule has 0 bridgehead atoms. The number of carboxylic acid groups (broad SMARTS) is 1. The van der Waals surface area contributed by atoms with E-state index in [9.17, 15) is 28.2 Å². The van der Waals surface area contributed by atoms with Crippen LogP contribution in [0.5, 0.6) is 0 Å². The molecule has 2 fully saturated rings. The van der Waals surface area contributed by atoms with Crippen molar-refractivity contribution in [1.82, 2.24) is 14.9 Å². The maximum atomic E-state index is 12.2. The van der Waals surface area contributed by atoms with Gasteiger partial charge in [-0.15, -0.1) is 11.8 Å². The average molecular weight is 425 g/mol. The van der Waals surface area contributed by atoms with Crippen molar-refractivity contribution in [2.24, 2.45) is 11.1 Å². The Morgan fingerprint density at radius 2 is 2.27 bits per heavy atom. The largest absolute Gasteiger partial charge is 0.477 e. The van der Waals surface area contributed by atoms with Crippen LogP contribution in [0.25, 0.3) is 0 Å². The maximum absolute atomic E-state index is 12.2. The number of aliphatic carboxylic acids is 1. The normalized spacial score (nSPS) is 32.6. The lowest BCUT2D eigenvalue weighted by atomic mass is 9.92. The highest BCUT2D eigenvalue weighted by Crippen LogP contribution is 2.54. The fraction of sp³-hybridized carbons (Fsp3) is 0.692. The minimum absolute atomic E-state index is 0.0296. The quantitative estimate of drug-likeness (QED) is 0.303. The molecule has 0 aromatic heterocycles. The van der Waals surface area contributed by atoms with Gasteiger partial charge >= 0.3 is 5.97 Å². The van der Waals surface area contributed by atoms with Crippen LogP contribution in [0.4, 0.5) is 0 Å². The zero-order valence-corrected chi connectivity index (χ0v) is 16.2. The van der Waals surface area contributed by atoms with Crippen LogP contribution in [0, 0.1) is 5.92 Å². The number of nitrogens with two attached hydrogens (primary N) is 1. The van der Waals surface area contributed by atoms with Crippen molar-refractivity contribution in [3.05, 3.63) is 9.93 Å². The lowest BCUT2D eigenvalue weighted by molar-refractivity contribution is -0.156. The van der Waals surface area contributed by atoms with Crippen LogP contribution >= 0.6 is 23.5 Å². The molecule has 0 saturated carbocycles. The SMILES string of the molecule is C[C@@H](O)[C@H]1C(=O)N2C(C(=O)O)=C(S[C@@H]3CN[C@H](CNS(N)(=O)=O)C3)S[C@H]12. The predicted octanol–water partition coefficient (Wildman–Crippen LogP) is -1.59. The van der Waals surface area contributed by atoms with Crippen LogP contribution in [0.3, 0.4) is 0 Å². The van der Waals surface area contributed by atoms with E-state index in [1.165, 1.54) is 35.3 Å². The number of aliphatic hydroxyl groups excluding tert-OH is 1. The van der Waals surface area contributed by atoms with Gasteiger partial charge in [-0.1, -0.05) is 11.8 Å². The molecule has 0 aromatic carbocycles. The van der Waals surface area contributed by atoms with E-state index in [0.717, 1.165) is 0 Å². The number of fused-ring (bicyclic) bond motifs is 1. The second-order valence-corrected chi connectivity index (χ2v) is 10.5. The third-order valence-corrected chi connectivity index (χ3v) is 7.85. The highest BCUT2D eigenvalue weighted by Gasteiger charge is 2.58. The van der Waals surface area contributed by atoms with E-state index in [-0.39, 0.29) is 34.8 Å². The van der Waals surface area contributed by atoms with Gasteiger partial charge in [0.25, 0.3) is 10.2 Å². The first-order chi connectivity index (χ1) is 12.1. The monoisotopic (exact) mass is 424 g/mol. The van der Waals surface area contributed by atoms with Crippen molar-refractivity contribution in [2.75, 3.05) is 13.1 Å². The number of amides is 1. The third kappa shape index (κ3) is 3.88. The molecule has 0 radical (unpaired) electrons. The molecule has 26 heavy (non-hydrogen) atoms. The van der Waals surface area contributed by atoms with Crippen molar-refractivity contribution in [3.63, 3.8) is 0 Å². The number of hydrogen-bond donors (Lipinski definition) is 5. The van der Waals surface area contributed by atoms with Gasteiger partial charge in [0.05, 0.1) is 16.3 Å². The molecule has 3 rings (SSSR count). The van der Waals surface area contributed by atoms with Gasteiger partial charge < -0.3 is 15.5 Å². The van der Waals surface area contributed by atoms with Crippen LogP contribution in [-0.4, -0.2) is 71.3 Å². The Morgan fingerprint density at radius 3 is 2.85 bits per heavy atom. The number of rotatable bonds is 7. The van der Waals surface area contributed by atoms with Gasteiger partial charge in [0.2, 0.25) is 5.91 Å². The molecule has 0 aliphatic carbocycles. The van der Waals surface area contributed by atoms with Crippen molar-refractivity contribution in [1.29, 1.82) is 0 Å². The maximum Gasteiger partial charge on any atom is 0.354 e. The summed E-state index contributed by atoms with van der Waals surface area (Å²) in [5, 5.41) is 27.0. The highest BCUT2D eigenvalue weighted by molar-refractivity contribution is 8.23. The highest BCUT2D eigenvalue weighted by atomic mass is 32.2. The summed E-state index contributed by atoms with van der Waals surface area (Å²) in [6.45, 7) is 2.26. The number of carboxylic acids is 1. The molecule has 10 nitrogen and oxygen atoms in total. The van der Waals surface area contributed by atoms with Gasteiger partial charge in [0.1, 0.15) is 5.37 Å². The van der Waals surface area contributed by atoms with Crippen LogP contribution in [0.2, 0.25) is 0 Å². The number of carbonyl (C=O) groups is 2. The fourth-order valence-corrected chi connectivity index (χ4v) is 7.02. The van der Waals surface area contributed by atoms with Crippen LogP contribution in [0.1, 0.15) is 13.3 Å². The molecule has 3 heterocycles. The molecule has 13 heteroatoms. The van der Waals surface area contributed by atoms with E-state index < -0.39 is 28.2 Å². The number of aliphatic hydroxyl groups is 1. The lowest BCUT2D eigenvalue weighted by Gasteiger charge is -2.43. The Kier molecular flexibility index (Phi) is 5.59. The standard InChI is InChI=1S/C13H20N4O6S3/c1-5(18)8-10(19)17-9(12(20)21)13(25-11(8)17)24-7-2-6(15-4-7)3-16-26(14,22)23/h5-8,11,15-16,18H,2-4H2,1H3,(H,20,21)(H2,14,22,23)/t5-,6+,7+,8+,11-/m1/s1. The first-order valence-corrected chi connectivity index (χ1v) is 11.2. The van der Waals surface area contributed by atoms with Crippen LogP contribution in [0.15, 0.2) is 9.93 Å². The summed E-state index contributed by atoms with van der Waals surface area (Å²) in [5.41, 5.74) is -0.0296. The van der Waals surface area contributed by atoms with Crippen LogP contribution < -0.4 is 15.2 Å². The lowest BCUT2D eigenvalue weighted by Crippen LogP contribution is -2.60. The first-order valence-electron chi connectivity index (χ1n) is 7.91.